The number of aliphatic hydroxyl groups is 2. The summed E-state index contributed by atoms with van der Waals surface area (Å²) in [5.74, 6) is -1.08. The molecule has 4 rings (SSSR count). The molecule has 1 atom stereocenters. The minimum atomic E-state index is -0.772. The lowest BCUT2D eigenvalue weighted by molar-refractivity contribution is -0.129. The minimum absolute atomic E-state index is 0.0147. The highest BCUT2D eigenvalue weighted by molar-refractivity contribution is 9.10. The molecule has 2 aromatic carbocycles. The Hall–Kier alpha value is -3.10. The van der Waals surface area contributed by atoms with Crippen molar-refractivity contribution >= 4 is 38.6 Å². The quantitative estimate of drug-likeness (QED) is 0.310. The van der Waals surface area contributed by atoms with Crippen molar-refractivity contribution < 1.29 is 29.0 Å². The summed E-state index contributed by atoms with van der Waals surface area (Å²) in [6.07, 6.45) is 1.14. The molecule has 1 amide bonds. The maximum Gasteiger partial charge on any atom is 0.290 e. The van der Waals surface area contributed by atoms with E-state index in [4.69, 9.17) is 14.3 Å². The molecule has 1 unspecified atom stereocenters. The molecule has 0 saturated carbocycles. The number of fused-ring (bicyclic) bond motifs is 1. The molecule has 3 aromatic rings. The van der Waals surface area contributed by atoms with E-state index in [2.05, 4.69) is 15.9 Å². The van der Waals surface area contributed by atoms with Crippen molar-refractivity contribution in [2.24, 2.45) is 0 Å². The Balaban J connectivity index is 1.75. The van der Waals surface area contributed by atoms with Gasteiger partial charge in [0.15, 0.2) is 11.5 Å². The van der Waals surface area contributed by atoms with Crippen LogP contribution in [0.4, 0.5) is 0 Å². The third kappa shape index (κ3) is 4.54. The average molecular weight is 514 g/mol. The topological polar surface area (TPSA) is 100 Å². The molecule has 0 radical (unpaired) electrons. The van der Waals surface area contributed by atoms with Crippen LogP contribution in [-0.4, -0.2) is 46.6 Å². The normalized spacial score (nSPS) is 16.2. The van der Waals surface area contributed by atoms with E-state index in [9.17, 15) is 14.7 Å². The Morgan fingerprint density at radius 2 is 2.03 bits per heavy atom. The zero-order valence-electron chi connectivity index (χ0n) is 18.1. The number of benzene rings is 2. The first-order chi connectivity index (χ1) is 15.9. The lowest BCUT2D eigenvalue weighted by Crippen LogP contribution is -2.31. The molecule has 1 aliphatic heterocycles. The zero-order chi connectivity index (χ0) is 23.5. The van der Waals surface area contributed by atoms with Crippen LogP contribution in [0.1, 0.15) is 41.9 Å². The number of halogens is 1. The van der Waals surface area contributed by atoms with Crippen LogP contribution in [0.2, 0.25) is 0 Å². The second-order valence-electron chi connectivity index (χ2n) is 7.78. The van der Waals surface area contributed by atoms with Crippen molar-refractivity contribution in [3.63, 3.8) is 0 Å². The summed E-state index contributed by atoms with van der Waals surface area (Å²) < 4.78 is 12.3. The van der Waals surface area contributed by atoms with Crippen LogP contribution in [0.15, 0.2) is 68.8 Å². The van der Waals surface area contributed by atoms with Crippen molar-refractivity contribution in [1.29, 1.82) is 0 Å². The fraction of sp³-hybridized carbons (Fsp3) is 0.280. The van der Waals surface area contributed by atoms with E-state index in [1.54, 1.807) is 36.4 Å². The zero-order valence-corrected chi connectivity index (χ0v) is 19.7. The van der Waals surface area contributed by atoms with Crippen molar-refractivity contribution in [2.45, 2.75) is 25.8 Å². The summed E-state index contributed by atoms with van der Waals surface area (Å²) >= 11 is 3.40. The van der Waals surface area contributed by atoms with Crippen LogP contribution in [0.5, 0.6) is 5.75 Å². The lowest BCUT2D eigenvalue weighted by Gasteiger charge is -2.26. The number of furan rings is 1. The number of ether oxygens (including phenoxy) is 1. The first kappa shape index (κ1) is 23.1. The van der Waals surface area contributed by atoms with Gasteiger partial charge in [0.25, 0.3) is 5.91 Å². The molecule has 1 aliphatic rings. The molecule has 33 heavy (non-hydrogen) atoms. The highest BCUT2D eigenvalue weighted by Crippen LogP contribution is 2.40. The number of hydrogen-bond acceptors (Lipinski definition) is 6. The highest BCUT2D eigenvalue weighted by atomic mass is 79.9. The van der Waals surface area contributed by atoms with Gasteiger partial charge in [-0.1, -0.05) is 35.0 Å². The van der Waals surface area contributed by atoms with Crippen LogP contribution in [0.25, 0.3) is 11.0 Å². The van der Waals surface area contributed by atoms with Gasteiger partial charge in [-0.25, -0.2) is 0 Å². The number of amides is 1. The van der Waals surface area contributed by atoms with Gasteiger partial charge in [0.2, 0.25) is 5.78 Å². The fourth-order valence-corrected chi connectivity index (χ4v) is 4.37. The highest BCUT2D eigenvalue weighted by Gasteiger charge is 2.44. The molecule has 172 valence electrons. The third-order valence-corrected chi connectivity index (χ3v) is 5.95. The number of aliphatic hydroxyl groups excluding tert-OH is 2. The van der Waals surface area contributed by atoms with Gasteiger partial charge in [-0.05, 0) is 48.4 Å². The molecular formula is C25H24BrNO6. The molecule has 2 N–H and O–H groups in total. The molecule has 8 heteroatoms. The van der Waals surface area contributed by atoms with E-state index < -0.39 is 23.5 Å². The van der Waals surface area contributed by atoms with Gasteiger partial charge in [0, 0.05) is 29.4 Å². The van der Waals surface area contributed by atoms with Gasteiger partial charge < -0.3 is 24.3 Å². The number of carbonyl (C=O) groups excluding carboxylic acids is 2. The maximum atomic E-state index is 13.5. The summed E-state index contributed by atoms with van der Waals surface area (Å²) in [7, 11) is 0. The van der Waals surface area contributed by atoms with Gasteiger partial charge in [-0.15, -0.1) is 0 Å². The summed E-state index contributed by atoms with van der Waals surface area (Å²) in [5, 5.41) is 20.5. The van der Waals surface area contributed by atoms with Gasteiger partial charge in [0.1, 0.15) is 11.3 Å². The molecule has 2 heterocycles. The predicted octanol–water partition coefficient (Wildman–Crippen LogP) is 4.94. The molecule has 7 nitrogen and oxygen atoms in total. The van der Waals surface area contributed by atoms with Crippen molar-refractivity contribution in [3.05, 3.63) is 75.7 Å². The molecular weight excluding hydrogens is 490 g/mol. The van der Waals surface area contributed by atoms with Gasteiger partial charge in [-0.3, -0.25) is 9.59 Å². The van der Waals surface area contributed by atoms with E-state index in [0.29, 0.717) is 42.9 Å². The Morgan fingerprint density at radius 3 is 2.79 bits per heavy atom. The van der Waals surface area contributed by atoms with Crippen molar-refractivity contribution in [2.75, 3.05) is 19.8 Å². The molecule has 0 aliphatic carbocycles. The summed E-state index contributed by atoms with van der Waals surface area (Å²) in [6.45, 7) is 2.65. The number of carbonyl (C=O) groups is 2. The SMILES string of the molecule is CCCN1C(=O)C(O)=C(C(=O)c2cc3cc(Br)ccc3o2)C1c1cccc(OCCCO)c1. The van der Waals surface area contributed by atoms with Gasteiger partial charge >= 0.3 is 0 Å². The second kappa shape index (κ2) is 9.80. The first-order valence-corrected chi connectivity index (χ1v) is 11.6. The molecule has 0 bridgehead atoms. The van der Waals surface area contributed by atoms with Crippen molar-refractivity contribution in [3.8, 4) is 5.75 Å². The van der Waals surface area contributed by atoms with E-state index in [-0.39, 0.29) is 17.9 Å². The smallest absolute Gasteiger partial charge is 0.290 e. The monoisotopic (exact) mass is 513 g/mol. The van der Waals surface area contributed by atoms with E-state index >= 15 is 0 Å². The summed E-state index contributed by atoms with van der Waals surface area (Å²) in [5.41, 5.74) is 1.16. The average Bonchev–Trinajstić information content (AvgIpc) is 3.33. The van der Waals surface area contributed by atoms with E-state index in [0.717, 1.165) is 9.86 Å². The Morgan fingerprint density at radius 1 is 1.21 bits per heavy atom. The lowest BCUT2D eigenvalue weighted by atomic mass is 9.94. The number of rotatable bonds is 9. The number of Topliss-reactive ketones (excluding diaryl/α,β-unsaturated/α-hetero) is 1. The number of nitrogens with zero attached hydrogens (tertiary/aromatic N) is 1. The van der Waals surface area contributed by atoms with Crippen LogP contribution < -0.4 is 4.74 Å². The molecule has 0 fully saturated rings. The van der Waals surface area contributed by atoms with E-state index in [1.807, 2.05) is 19.1 Å². The third-order valence-electron chi connectivity index (χ3n) is 5.46. The summed E-state index contributed by atoms with van der Waals surface area (Å²) in [4.78, 5) is 27.9. The fourth-order valence-electron chi connectivity index (χ4n) is 3.99. The van der Waals surface area contributed by atoms with Gasteiger partial charge in [-0.2, -0.15) is 0 Å². The second-order valence-corrected chi connectivity index (χ2v) is 8.70. The number of ketones is 1. The Bertz CT molecular complexity index is 1230. The molecule has 0 saturated heterocycles. The molecule has 1 aromatic heterocycles. The van der Waals surface area contributed by atoms with Gasteiger partial charge in [0.05, 0.1) is 18.2 Å². The number of hydrogen-bond donors (Lipinski definition) is 2. The van der Waals surface area contributed by atoms with Crippen LogP contribution in [-0.2, 0) is 4.79 Å². The van der Waals surface area contributed by atoms with Crippen LogP contribution in [0, 0.1) is 0 Å². The van der Waals surface area contributed by atoms with Crippen LogP contribution >= 0.6 is 15.9 Å². The Labute approximate surface area is 199 Å². The van der Waals surface area contributed by atoms with Crippen molar-refractivity contribution in [1.82, 2.24) is 4.90 Å². The first-order valence-electron chi connectivity index (χ1n) is 10.8. The molecule has 0 spiro atoms. The largest absolute Gasteiger partial charge is 0.503 e. The van der Waals surface area contributed by atoms with Crippen LogP contribution in [0.3, 0.4) is 0 Å². The summed E-state index contributed by atoms with van der Waals surface area (Å²) in [6, 6.07) is 13.3. The maximum absolute atomic E-state index is 13.5. The van der Waals surface area contributed by atoms with E-state index in [1.165, 1.54) is 4.90 Å². The predicted molar refractivity (Wildman–Crippen MR) is 126 cm³/mol. The standard InChI is InChI=1S/C25H24BrNO6/c1-2-9-27-22(15-5-3-6-18(13-15)32-11-4-10-28)21(24(30)25(27)31)23(29)20-14-16-12-17(26)7-8-19(16)33-20/h3,5-8,12-14,22,28,30H,2,4,9-11H2,1H3. The Kier molecular flexibility index (Phi) is 6.85. The minimum Gasteiger partial charge on any atom is -0.503 e.